The Morgan fingerprint density at radius 1 is 1.25 bits per heavy atom. The molecule has 4 nitrogen and oxygen atoms in total. The molecule has 0 radical (unpaired) electrons. The van der Waals surface area contributed by atoms with Crippen molar-refractivity contribution in [2.75, 3.05) is 6.54 Å². The van der Waals surface area contributed by atoms with Crippen LogP contribution < -0.4 is 4.74 Å². The molecule has 0 bridgehead atoms. The van der Waals surface area contributed by atoms with Crippen molar-refractivity contribution in [3.8, 4) is 5.75 Å². The van der Waals surface area contributed by atoms with Gasteiger partial charge in [-0.05, 0) is 75.4 Å². The molecule has 0 spiro atoms. The van der Waals surface area contributed by atoms with E-state index in [-0.39, 0.29) is 12.0 Å². The molecule has 0 aromatic heterocycles. The summed E-state index contributed by atoms with van der Waals surface area (Å²) in [6.45, 7) is 8.44. The van der Waals surface area contributed by atoms with Crippen molar-refractivity contribution in [1.29, 1.82) is 0 Å². The normalized spacial score (nSPS) is 17.2. The maximum atomic E-state index is 12.9. The van der Waals surface area contributed by atoms with Crippen LogP contribution in [0.2, 0.25) is 5.02 Å². The maximum Gasteiger partial charge on any atom is 0.266 e. The fourth-order valence-corrected chi connectivity index (χ4v) is 4.02. The number of para-hydroxylation sites is 1. The molecule has 0 saturated carbocycles. The molecule has 1 heterocycles. The Kier molecular flexibility index (Phi) is 6.47. The molecule has 2 aromatic carbocycles. The zero-order valence-electron chi connectivity index (χ0n) is 16.4. The van der Waals surface area contributed by atoms with Crippen molar-refractivity contribution in [3.63, 3.8) is 0 Å². The fraction of sp³-hybridized carbons (Fsp3) is 0.273. The van der Waals surface area contributed by atoms with E-state index in [1.54, 1.807) is 11.0 Å². The minimum Gasteiger partial charge on any atom is -0.490 e. The first-order chi connectivity index (χ1) is 13.4. The maximum absolute atomic E-state index is 12.9. The quantitative estimate of drug-likeness (QED) is 0.558. The third-order valence-corrected chi connectivity index (χ3v) is 5.40. The van der Waals surface area contributed by atoms with Gasteiger partial charge in [0.1, 0.15) is 5.75 Å². The summed E-state index contributed by atoms with van der Waals surface area (Å²) in [4.78, 5) is 19.9. The lowest BCUT2D eigenvalue weighted by atomic mass is 10.1. The molecule has 6 heteroatoms. The Morgan fingerprint density at radius 2 is 2.00 bits per heavy atom. The van der Waals surface area contributed by atoms with Gasteiger partial charge in [-0.3, -0.25) is 9.69 Å². The minimum absolute atomic E-state index is 0.0237. The molecule has 2 aromatic rings. The smallest absolute Gasteiger partial charge is 0.266 e. The monoisotopic (exact) mass is 414 g/mol. The summed E-state index contributed by atoms with van der Waals surface area (Å²) in [6, 6.07) is 13.3. The second kappa shape index (κ2) is 8.84. The molecule has 0 unspecified atom stereocenters. The summed E-state index contributed by atoms with van der Waals surface area (Å²) in [6.07, 6.45) is 1.86. The summed E-state index contributed by atoms with van der Waals surface area (Å²) in [7, 11) is 0. The first-order valence-corrected chi connectivity index (χ1v) is 10.4. The van der Waals surface area contributed by atoms with Crippen molar-refractivity contribution >= 4 is 46.2 Å². The first-order valence-electron chi connectivity index (χ1n) is 9.21. The highest BCUT2D eigenvalue weighted by Crippen LogP contribution is 2.36. The summed E-state index contributed by atoms with van der Waals surface area (Å²) in [5.74, 6) is 0.642. The van der Waals surface area contributed by atoms with E-state index in [1.807, 2.05) is 70.2 Å². The Bertz CT molecular complexity index is 953. The highest BCUT2D eigenvalue weighted by molar-refractivity contribution is 8.18. The van der Waals surface area contributed by atoms with Gasteiger partial charge in [-0.1, -0.05) is 29.8 Å². The van der Waals surface area contributed by atoms with Crippen LogP contribution in [0.4, 0.5) is 5.69 Å². The zero-order chi connectivity index (χ0) is 20.3. The van der Waals surface area contributed by atoms with Gasteiger partial charge in [-0.15, -0.1) is 0 Å². The molecule has 1 amide bonds. The summed E-state index contributed by atoms with van der Waals surface area (Å²) < 4.78 is 5.87. The van der Waals surface area contributed by atoms with Crippen LogP contribution in [0.3, 0.4) is 0 Å². The van der Waals surface area contributed by atoms with E-state index in [9.17, 15) is 4.79 Å². The summed E-state index contributed by atoms with van der Waals surface area (Å²) in [5, 5.41) is 1.28. The molecule has 1 aliphatic rings. The topological polar surface area (TPSA) is 41.9 Å². The van der Waals surface area contributed by atoms with Crippen molar-refractivity contribution < 1.29 is 9.53 Å². The molecule has 0 atom stereocenters. The van der Waals surface area contributed by atoms with E-state index in [1.165, 1.54) is 11.8 Å². The number of amidine groups is 1. The largest absolute Gasteiger partial charge is 0.490 e. The second-order valence-electron chi connectivity index (χ2n) is 6.69. The summed E-state index contributed by atoms with van der Waals surface area (Å²) >= 11 is 7.55. The van der Waals surface area contributed by atoms with Crippen LogP contribution in [0.25, 0.3) is 6.08 Å². The lowest BCUT2D eigenvalue weighted by Crippen LogP contribution is -2.28. The molecular formula is C22H23ClN2O2S. The number of likely N-dealkylation sites (N-methyl/N-ethyl adjacent to an activating group) is 1. The van der Waals surface area contributed by atoms with E-state index in [0.717, 1.165) is 16.8 Å². The average molecular weight is 415 g/mol. The van der Waals surface area contributed by atoms with Crippen LogP contribution in [0.5, 0.6) is 5.75 Å². The SMILES string of the molecule is CCN1C(=O)/C(=C\c2cc(Cl)ccc2OC(C)C)SC1=Nc1ccccc1C. The van der Waals surface area contributed by atoms with Gasteiger partial charge in [-0.2, -0.15) is 0 Å². The van der Waals surface area contributed by atoms with Gasteiger partial charge in [0.25, 0.3) is 5.91 Å². The number of carbonyl (C=O) groups is 1. The predicted molar refractivity (Wildman–Crippen MR) is 118 cm³/mol. The van der Waals surface area contributed by atoms with Gasteiger partial charge < -0.3 is 4.74 Å². The van der Waals surface area contributed by atoms with Crippen LogP contribution in [0.15, 0.2) is 52.4 Å². The van der Waals surface area contributed by atoms with Gasteiger partial charge in [0.2, 0.25) is 0 Å². The number of benzene rings is 2. The Balaban J connectivity index is 1.99. The number of carbonyl (C=O) groups excluding carboxylic acids is 1. The molecule has 146 valence electrons. The standard InChI is InChI=1S/C22H23ClN2O2S/c1-5-25-21(26)20(28-22(25)24-18-9-7-6-8-15(18)4)13-16-12-17(23)10-11-19(16)27-14(2)3/h6-14H,5H2,1-4H3/b20-13+,24-22?. The van der Waals surface area contributed by atoms with Crippen molar-refractivity contribution in [2.45, 2.75) is 33.8 Å². The van der Waals surface area contributed by atoms with Crippen LogP contribution in [-0.2, 0) is 4.79 Å². The van der Waals surface area contributed by atoms with Crippen LogP contribution >= 0.6 is 23.4 Å². The Hall–Kier alpha value is -2.24. The molecule has 28 heavy (non-hydrogen) atoms. The number of rotatable bonds is 5. The predicted octanol–water partition coefficient (Wildman–Crippen LogP) is 6.06. The average Bonchev–Trinajstić information content (AvgIpc) is 2.93. The number of aliphatic imine (C=N–C) groups is 1. The van der Waals surface area contributed by atoms with Crippen LogP contribution in [0.1, 0.15) is 31.9 Å². The lowest BCUT2D eigenvalue weighted by Gasteiger charge is -2.13. The van der Waals surface area contributed by atoms with Crippen molar-refractivity contribution in [2.24, 2.45) is 4.99 Å². The number of ether oxygens (including phenoxy) is 1. The van der Waals surface area contributed by atoms with Crippen LogP contribution in [-0.4, -0.2) is 28.6 Å². The van der Waals surface area contributed by atoms with Crippen molar-refractivity contribution in [3.05, 3.63) is 63.5 Å². The molecule has 0 N–H and O–H groups in total. The lowest BCUT2D eigenvalue weighted by molar-refractivity contribution is -0.122. The molecule has 1 saturated heterocycles. The third kappa shape index (κ3) is 4.59. The van der Waals surface area contributed by atoms with Gasteiger partial charge in [0.15, 0.2) is 5.17 Å². The number of thioether (sulfide) groups is 1. The highest BCUT2D eigenvalue weighted by atomic mass is 35.5. The fourth-order valence-electron chi connectivity index (χ4n) is 2.80. The van der Waals surface area contributed by atoms with E-state index in [2.05, 4.69) is 0 Å². The van der Waals surface area contributed by atoms with E-state index in [4.69, 9.17) is 21.3 Å². The molecule has 1 fully saturated rings. The Labute approximate surface area is 175 Å². The number of halogens is 1. The summed E-state index contributed by atoms with van der Waals surface area (Å²) in [5.41, 5.74) is 2.72. The van der Waals surface area contributed by atoms with E-state index in [0.29, 0.717) is 27.4 Å². The number of aryl methyl sites for hydroxylation is 1. The van der Waals surface area contributed by atoms with Crippen LogP contribution in [0, 0.1) is 6.92 Å². The zero-order valence-corrected chi connectivity index (χ0v) is 18.0. The van der Waals surface area contributed by atoms with Crippen molar-refractivity contribution in [1.82, 2.24) is 4.90 Å². The van der Waals surface area contributed by atoms with Gasteiger partial charge in [0, 0.05) is 17.1 Å². The molecular weight excluding hydrogens is 392 g/mol. The number of amides is 1. The molecule has 1 aliphatic heterocycles. The highest BCUT2D eigenvalue weighted by Gasteiger charge is 2.32. The molecule has 3 rings (SSSR count). The van der Waals surface area contributed by atoms with Gasteiger partial charge in [-0.25, -0.2) is 4.99 Å². The van der Waals surface area contributed by atoms with E-state index < -0.39 is 0 Å². The Morgan fingerprint density at radius 3 is 2.68 bits per heavy atom. The van der Waals surface area contributed by atoms with Gasteiger partial charge in [0.05, 0.1) is 16.7 Å². The second-order valence-corrected chi connectivity index (χ2v) is 8.14. The minimum atomic E-state index is -0.0599. The molecule has 0 aliphatic carbocycles. The first kappa shape index (κ1) is 20.5. The number of hydrogen-bond acceptors (Lipinski definition) is 4. The number of nitrogens with zero attached hydrogens (tertiary/aromatic N) is 2. The van der Waals surface area contributed by atoms with E-state index >= 15 is 0 Å². The van der Waals surface area contributed by atoms with Gasteiger partial charge >= 0.3 is 0 Å². The number of hydrogen-bond donors (Lipinski definition) is 0. The third-order valence-electron chi connectivity index (χ3n) is 4.16.